The van der Waals surface area contributed by atoms with Crippen LogP contribution in [0.15, 0.2) is 48.6 Å². The van der Waals surface area contributed by atoms with Crippen LogP contribution in [-0.4, -0.2) is 11.2 Å². The minimum atomic E-state index is -0.562. The summed E-state index contributed by atoms with van der Waals surface area (Å²) in [6.45, 7) is 2.23. The van der Waals surface area contributed by atoms with Gasteiger partial charge in [-0.2, -0.15) is 0 Å². The largest absolute Gasteiger partial charge is 0.345 e. The Morgan fingerprint density at radius 3 is 1.79 bits per heavy atom. The molecule has 0 heterocycles. The van der Waals surface area contributed by atoms with Gasteiger partial charge in [0.25, 0.3) is 0 Å². The van der Waals surface area contributed by atoms with Gasteiger partial charge in [0.15, 0.2) is 0 Å². The van der Waals surface area contributed by atoms with Gasteiger partial charge in [-0.3, -0.25) is 4.89 Å². The first-order chi connectivity index (χ1) is 11.8. The maximum Gasteiger partial charge on any atom is 0.345 e. The molecule has 0 rings (SSSR count). The Hall–Kier alpha value is -1.65. The van der Waals surface area contributed by atoms with Crippen LogP contribution in [0, 0.1) is 0 Å². The summed E-state index contributed by atoms with van der Waals surface area (Å²) in [5, 5.41) is 11.2. The van der Waals surface area contributed by atoms with E-state index in [2.05, 4.69) is 59.4 Å². The van der Waals surface area contributed by atoms with Crippen molar-refractivity contribution in [3.05, 3.63) is 48.6 Å². The number of rotatable bonds is 15. The summed E-state index contributed by atoms with van der Waals surface area (Å²) in [6.07, 6.45) is 27.0. The van der Waals surface area contributed by atoms with Crippen LogP contribution < -0.4 is 0 Å². The Labute approximate surface area is 146 Å². The number of unbranched alkanes of at least 4 members (excludes halogenated alkanes) is 4. The minimum absolute atomic E-state index is 0.235. The van der Waals surface area contributed by atoms with Crippen molar-refractivity contribution in [2.45, 2.75) is 71.1 Å². The SMILES string of the molecule is CCCCC/C=C\C/C=C\C/C=C\C/C=C\CCCC(=O)OOO. The van der Waals surface area contributed by atoms with E-state index in [4.69, 9.17) is 5.26 Å². The zero-order valence-corrected chi connectivity index (χ0v) is 14.9. The maximum absolute atomic E-state index is 10.9. The van der Waals surface area contributed by atoms with Crippen LogP contribution in [0.4, 0.5) is 0 Å². The summed E-state index contributed by atoms with van der Waals surface area (Å²) in [7, 11) is 0. The number of hydrogen-bond donors (Lipinski definition) is 1. The Morgan fingerprint density at radius 2 is 1.29 bits per heavy atom. The van der Waals surface area contributed by atoms with Gasteiger partial charge in [-0.1, -0.05) is 68.4 Å². The molecule has 0 aromatic carbocycles. The normalized spacial score (nSPS) is 12.2. The molecule has 0 aliphatic rings. The monoisotopic (exact) mass is 336 g/mol. The second kappa shape index (κ2) is 19.4. The first-order valence-corrected chi connectivity index (χ1v) is 8.92. The summed E-state index contributed by atoms with van der Waals surface area (Å²) < 4.78 is 0. The van der Waals surface area contributed by atoms with Crippen molar-refractivity contribution >= 4 is 5.97 Å². The average Bonchev–Trinajstić information content (AvgIpc) is 2.58. The Kier molecular flexibility index (Phi) is 18.1. The van der Waals surface area contributed by atoms with E-state index >= 15 is 0 Å². The van der Waals surface area contributed by atoms with Gasteiger partial charge in [-0.25, -0.2) is 10.1 Å². The molecule has 0 spiro atoms. The van der Waals surface area contributed by atoms with E-state index < -0.39 is 5.97 Å². The van der Waals surface area contributed by atoms with E-state index in [-0.39, 0.29) is 6.42 Å². The van der Waals surface area contributed by atoms with Crippen molar-refractivity contribution < 1.29 is 20.0 Å². The highest BCUT2D eigenvalue weighted by Crippen LogP contribution is 2.02. The topological polar surface area (TPSA) is 55.8 Å². The zero-order chi connectivity index (χ0) is 17.7. The lowest BCUT2D eigenvalue weighted by Crippen LogP contribution is -2.02. The second-order valence-corrected chi connectivity index (χ2v) is 5.51. The molecule has 0 bridgehead atoms. The van der Waals surface area contributed by atoms with Gasteiger partial charge in [-0.05, 0) is 50.0 Å². The molecule has 0 aliphatic carbocycles. The van der Waals surface area contributed by atoms with Gasteiger partial charge in [0, 0.05) is 6.42 Å². The Bertz CT molecular complexity index is 394. The van der Waals surface area contributed by atoms with Gasteiger partial charge >= 0.3 is 5.97 Å². The predicted molar refractivity (Wildman–Crippen MR) is 98.2 cm³/mol. The molecular formula is C20H32O4. The molecule has 0 saturated carbocycles. The molecule has 4 heteroatoms. The Morgan fingerprint density at radius 1 is 0.792 bits per heavy atom. The highest BCUT2D eigenvalue weighted by atomic mass is 17.5. The van der Waals surface area contributed by atoms with Crippen LogP contribution in [0.1, 0.15) is 71.1 Å². The number of allylic oxidation sites excluding steroid dienone is 8. The van der Waals surface area contributed by atoms with E-state index in [1.807, 2.05) is 6.08 Å². The molecule has 0 amide bonds. The molecule has 0 aromatic rings. The molecule has 4 nitrogen and oxygen atoms in total. The third kappa shape index (κ3) is 18.4. The van der Waals surface area contributed by atoms with E-state index in [1.54, 1.807) is 0 Å². The number of hydrogen-bond acceptors (Lipinski definition) is 4. The van der Waals surface area contributed by atoms with E-state index in [0.717, 1.165) is 25.7 Å². The fraction of sp³-hybridized carbons (Fsp3) is 0.550. The van der Waals surface area contributed by atoms with Gasteiger partial charge in [0.1, 0.15) is 0 Å². The van der Waals surface area contributed by atoms with Crippen molar-refractivity contribution in [3.63, 3.8) is 0 Å². The van der Waals surface area contributed by atoms with Crippen molar-refractivity contribution in [2.75, 3.05) is 0 Å². The molecule has 136 valence electrons. The quantitative estimate of drug-likeness (QED) is 0.170. The molecule has 0 radical (unpaired) electrons. The summed E-state index contributed by atoms with van der Waals surface area (Å²) in [5.74, 6) is -0.562. The lowest BCUT2D eigenvalue weighted by atomic mass is 10.2. The van der Waals surface area contributed by atoms with Gasteiger partial charge in [0.2, 0.25) is 0 Å². The maximum atomic E-state index is 10.9. The van der Waals surface area contributed by atoms with Crippen LogP contribution in [0.25, 0.3) is 0 Å². The summed E-state index contributed by atoms with van der Waals surface area (Å²) >= 11 is 0. The lowest BCUT2D eigenvalue weighted by Gasteiger charge is -1.95. The molecular weight excluding hydrogens is 304 g/mol. The third-order valence-corrected chi connectivity index (χ3v) is 3.34. The molecule has 0 atom stereocenters. The van der Waals surface area contributed by atoms with Crippen LogP contribution in [0.5, 0.6) is 0 Å². The number of carbonyl (C=O) groups is 1. The fourth-order valence-corrected chi connectivity index (χ4v) is 2.01. The van der Waals surface area contributed by atoms with E-state index in [9.17, 15) is 4.79 Å². The summed E-state index contributed by atoms with van der Waals surface area (Å²) in [6, 6.07) is 0. The third-order valence-electron chi connectivity index (χ3n) is 3.34. The standard InChI is InChI=1S/C20H32O4/c1-2-3-4-5-6-7-8-9-10-11-12-13-14-15-16-17-18-19-20(21)23-24-22/h6-7,9-10,12-13,15-16,22H,2-5,8,11,14,17-19H2,1H3/b7-6-,10-9-,13-12-,16-15-. The molecule has 0 fully saturated rings. The van der Waals surface area contributed by atoms with Crippen molar-refractivity contribution in [2.24, 2.45) is 0 Å². The number of carbonyl (C=O) groups excluding carboxylic acids is 1. The highest BCUT2D eigenvalue weighted by molar-refractivity contribution is 5.68. The van der Waals surface area contributed by atoms with Crippen molar-refractivity contribution in [1.29, 1.82) is 0 Å². The van der Waals surface area contributed by atoms with Crippen molar-refractivity contribution in [1.82, 2.24) is 0 Å². The average molecular weight is 336 g/mol. The second-order valence-electron chi connectivity index (χ2n) is 5.51. The first kappa shape index (κ1) is 22.4. The van der Waals surface area contributed by atoms with Gasteiger partial charge in [-0.15, -0.1) is 0 Å². The molecule has 24 heavy (non-hydrogen) atoms. The molecule has 1 N–H and O–H groups in total. The van der Waals surface area contributed by atoms with Gasteiger partial charge in [0.05, 0.1) is 0 Å². The summed E-state index contributed by atoms with van der Waals surface area (Å²) in [5.41, 5.74) is 0. The zero-order valence-electron chi connectivity index (χ0n) is 14.9. The lowest BCUT2D eigenvalue weighted by molar-refractivity contribution is -0.462. The Balaban J connectivity index is 3.43. The van der Waals surface area contributed by atoms with Crippen LogP contribution in [0.3, 0.4) is 0 Å². The first-order valence-electron chi connectivity index (χ1n) is 8.92. The molecule has 0 saturated heterocycles. The van der Waals surface area contributed by atoms with E-state index in [1.165, 1.54) is 25.7 Å². The molecule has 0 unspecified atom stereocenters. The van der Waals surface area contributed by atoms with E-state index in [0.29, 0.717) is 6.42 Å². The molecule has 0 aliphatic heterocycles. The fourth-order valence-electron chi connectivity index (χ4n) is 2.01. The highest BCUT2D eigenvalue weighted by Gasteiger charge is 2.01. The molecule has 0 aromatic heterocycles. The van der Waals surface area contributed by atoms with Crippen LogP contribution in [-0.2, 0) is 14.7 Å². The van der Waals surface area contributed by atoms with Crippen LogP contribution in [0.2, 0.25) is 0 Å². The summed E-state index contributed by atoms with van der Waals surface area (Å²) in [4.78, 5) is 14.8. The minimum Gasteiger partial charge on any atom is -0.269 e. The van der Waals surface area contributed by atoms with Crippen LogP contribution >= 0.6 is 0 Å². The van der Waals surface area contributed by atoms with Gasteiger partial charge < -0.3 is 0 Å². The predicted octanol–water partition coefficient (Wildman–Crippen LogP) is 6.08. The van der Waals surface area contributed by atoms with Crippen molar-refractivity contribution in [3.8, 4) is 0 Å². The smallest absolute Gasteiger partial charge is 0.269 e.